The lowest BCUT2D eigenvalue weighted by Gasteiger charge is -2.24. The topological polar surface area (TPSA) is 158 Å². The summed E-state index contributed by atoms with van der Waals surface area (Å²) in [5, 5.41) is 25.8. The van der Waals surface area contributed by atoms with Crippen molar-refractivity contribution in [2.45, 2.75) is 12.5 Å². The predicted molar refractivity (Wildman–Crippen MR) is 52.1 cm³/mol. The van der Waals surface area contributed by atoms with Gasteiger partial charge in [0.2, 0.25) is 5.91 Å². The van der Waals surface area contributed by atoms with Crippen LogP contribution in [0.25, 0.3) is 0 Å². The Hall–Kier alpha value is -2.16. The molecule has 0 saturated heterocycles. The second-order valence-electron chi connectivity index (χ2n) is 3.22. The number of nitrogens with zero attached hydrogens (tertiary/aromatic N) is 1. The molecular formula is C8H12N2O7. The fraction of sp³-hybridized carbons (Fsp3) is 0.500. The molecule has 1 atom stereocenters. The third-order valence-corrected chi connectivity index (χ3v) is 1.80. The van der Waals surface area contributed by atoms with E-state index in [1.807, 2.05) is 0 Å². The monoisotopic (exact) mass is 248 g/mol. The van der Waals surface area contributed by atoms with Gasteiger partial charge < -0.3 is 21.1 Å². The van der Waals surface area contributed by atoms with E-state index in [9.17, 15) is 19.2 Å². The minimum absolute atomic E-state index is 0.637. The van der Waals surface area contributed by atoms with Crippen molar-refractivity contribution in [3.8, 4) is 0 Å². The molecule has 0 heterocycles. The molecule has 0 spiro atoms. The van der Waals surface area contributed by atoms with Crippen LogP contribution in [0.3, 0.4) is 0 Å². The van der Waals surface area contributed by atoms with Gasteiger partial charge in [0, 0.05) is 0 Å². The molecule has 0 aliphatic rings. The Morgan fingerprint density at radius 3 is 1.65 bits per heavy atom. The van der Waals surface area contributed by atoms with E-state index in [1.54, 1.807) is 0 Å². The van der Waals surface area contributed by atoms with Crippen LogP contribution in [0, 0.1) is 0 Å². The first kappa shape index (κ1) is 14.8. The number of nitrogens with two attached hydrogens (primary N) is 1. The van der Waals surface area contributed by atoms with Gasteiger partial charge in [-0.25, -0.2) is 0 Å². The second kappa shape index (κ2) is 6.43. The molecule has 9 nitrogen and oxygen atoms in total. The molecule has 0 aromatic rings. The average Bonchev–Trinajstić information content (AvgIpc) is 2.10. The lowest BCUT2D eigenvalue weighted by molar-refractivity contribution is -0.151. The summed E-state index contributed by atoms with van der Waals surface area (Å²) < 4.78 is 0. The lowest BCUT2D eigenvalue weighted by Crippen LogP contribution is -2.48. The number of amides is 1. The number of carboxylic acids is 3. The van der Waals surface area contributed by atoms with Gasteiger partial charge in [-0.2, -0.15) is 0 Å². The molecule has 0 aliphatic heterocycles. The van der Waals surface area contributed by atoms with Gasteiger partial charge in [0.05, 0.1) is 19.5 Å². The van der Waals surface area contributed by atoms with Crippen molar-refractivity contribution in [1.29, 1.82) is 0 Å². The Labute approximate surface area is 95.4 Å². The van der Waals surface area contributed by atoms with E-state index in [-0.39, 0.29) is 0 Å². The molecule has 17 heavy (non-hydrogen) atoms. The number of primary amides is 1. The first-order valence-electron chi connectivity index (χ1n) is 4.42. The molecule has 0 fully saturated rings. The van der Waals surface area contributed by atoms with Crippen LogP contribution >= 0.6 is 0 Å². The van der Waals surface area contributed by atoms with Gasteiger partial charge in [0.25, 0.3) is 0 Å². The number of carbonyl (C=O) groups excluding carboxylic acids is 1. The molecular weight excluding hydrogens is 236 g/mol. The fourth-order valence-corrected chi connectivity index (χ4v) is 1.19. The minimum atomic E-state index is -1.57. The number of aliphatic carboxylic acids is 3. The molecule has 1 amide bonds. The number of carboxylic acid groups (broad SMARTS) is 3. The maximum atomic E-state index is 10.8. The Morgan fingerprint density at radius 1 is 1.00 bits per heavy atom. The van der Waals surface area contributed by atoms with Crippen molar-refractivity contribution in [2.75, 3.05) is 13.1 Å². The first-order chi connectivity index (χ1) is 7.73. The quantitative estimate of drug-likeness (QED) is 0.376. The Kier molecular flexibility index (Phi) is 5.61. The van der Waals surface area contributed by atoms with Crippen molar-refractivity contribution in [1.82, 2.24) is 4.90 Å². The third kappa shape index (κ3) is 6.10. The Bertz CT molecular complexity index is 325. The Balaban J connectivity index is 4.91. The number of hydrogen-bond donors (Lipinski definition) is 4. The van der Waals surface area contributed by atoms with Crippen molar-refractivity contribution >= 4 is 23.8 Å². The van der Waals surface area contributed by atoms with Crippen molar-refractivity contribution < 1.29 is 34.5 Å². The number of rotatable bonds is 8. The molecule has 1 unspecified atom stereocenters. The zero-order chi connectivity index (χ0) is 13.6. The van der Waals surface area contributed by atoms with E-state index >= 15 is 0 Å². The molecule has 0 saturated carbocycles. The van der Waals surface area contributed by atoms with Gasteiger partial charge in [0.15, 0.2) is 0 Å². The van der Waals surface area contributed by atoms with Gasteiger partial charge in [0.1, 0.15) is 6.04 Å². The maximum Gasteiger partial charge on any atom is 0.321 e. The van der Waals surface area contributed by atoms with E-state index in [4.69, 9.17) is 21.1 Å². The summed E-state index contributed by atoms with van der Waals surface area (Å²) in [5.41, 5.74) is 4.81. The summed E-state index contributed by atoms with van der Waals surface area (Å²) >= 11 is 0. The molecule has 0 radical (unpaired) electrons. The van der Waals surface area contributed by atoms with Crippen LogP contribution < -0.4 is 5.73 Å². The highest BCUT2D eigenvalue weighted by atomic mass is 16.4. The number of hydrogen-bond acceptors (Lipinski definition) is 5. The summed E-state index contributed by atoms with van der Waals surface area (Å²) in [6.45, 7) is -1.62. The summed E-state index contributed by atoms with van der Waals surface area (Å²) in [7, 11) is 0. The van der Waals surface area contributed by atoms with Crippen molar-refractivity contribution in [3.05, 3.63) is 0 Å². The van der Waals surface area contributed by atoms with E-state index in [0.717, 1.165) is 0 Å². The second-order valence-corrected chi connectivity index (χ2v) is 3.22. The molecule has 0 aliphatic carbocycles. The zero-order valence-electron chi connectivity index (χ0n) is 8.70. The SMILES string of the molecule is NC(=O)CC(C(=O)O)N(CC(=O)O)CC(=O)O. The molecule has 0 bridgehead atoms. The van der Waals surface area contributed by atoms with Crippen LogP contribution in [0.4, 0.5) is 0 Å². The highest BCUT2D eigenvalue weighted by molar-refractivity contribution is 5.84. The normalized spacial score (nSPS) is 12.1. The maximum absolute atomic E-state index is 10.8. The largest absolute Gasteiger partial charge is 0.480 e. The standard InChI is InChI=1S/C8H12N2O7/c9-5(11)1-4(8(16)17)10(2-6(12)13)3-7(14)15/h4H,1-3H2,(H2,9,11)(H,12,13)(H,14,15)(H,16,17). The van der Waals surface area contributed by atoms with Crippen LogP contribution in [0.2, 0.25) is 0 Å². The van der Waals surface area contributed by atoms with Crippen LogP contribution in [-0.4, -0.2) is 63.2 Å². The first-order valence-corrected chi connectivity index (χ1v) is 4.42. The molecule has 9 heteroatoms. The van der Waals surface area contributed by atoms with Crippen molar-refractivity contribution in [2.24, 2.45) is 5.73 Å². The average molecular weight is 248 g/mol. The van der Waals surface area contributed by atoms with Crippen LogP contribution in [-0.2, 0) is 19.2 Å². The van der Waals surface area contributed by atoms with Crippen molar-refractivity contribution in [3.63, 3.8) is 0 Å². The Morgan fingerprint density at radius 2 is 1.41 bits per heavy atom. The minimum Gasteiger partial charge on any atom is -0.480 e. The summed E-state index contributed by atoms with van der Waals surface area (Å²) in [6.07, 6.45) is -0.657. The molecule has 5 N–H and O–H groups in total. The fourth-order valence-electron chi connectivity index (χ4n) is 1.19. The molecule has 0 aromatic heterocycles. The van der Waals surface area contributed by atoms with E-state index in [2.05, 4.69) is 0 Å². The number of carbonyl (C=O) groups is 4. The summed E-state index contributed by atoms with van der Waals surface area (Å²) in [5.74, 6) is -5.27. The smallest absolute Gasteiger partial charge is 0.321 e. The third-order valence-electron chi connectivity index (χ3n) is 1.80. The summed E-state index contributed by atoms with van der Waals surface area (Å²) in [6, 6.07) is -1.57. The van der Waals surface area contributed by atoms with Crippen LogP contribution in [0.1, 0.15) is 6.42 Å². The molecule has 0 rings (SSSR count). The summed E-state index contributed by atoms with van der Waals surface area (Å²) in [4.78, 5) is 43.0. The highest BCUT2D eigenvalue weighted by Gasteiger charge is 2.30. The predicted octanol–water partition coefficient (Wildman–Crippen LogP) is -2.21. The van der Waals surface area contributed by atoms with Gasteiger partial charge in [-0.15, -0.1) is 0 Å². The van der Waals surface area contributed by atoms with Crippen LogP contribution in [0.15, 0.2) is 0 Å². The zero-order valence-corrected chi connectivity index (χ0v) is 8.70. The van der Waals surface area contributed by atoms with Gasteiger partial charge in [-0.3, -0.25) is 24.1 Å². The lowest BCUT2D eigenvalue weighted by atomic mass is 10.1. The van der Waals surface area contributed by atoms with E-state index in [1.165, 1.54) is 0 Å². The van der Waals surface area contributed by atoms with E-state index in [0.29, 0.717) is 4.90 Å². The highest BCUT2D eigenvalue weighted by Crippen LogP contribution is 2.04. The molecule has 0 aromatic carbocycles. The van der Waals surface area contributed by atoms with Gasteiger partial charge in [-0.1, -0.05) is 0 Å². The molecule has 96 valence electrons. The van der Waals surface area contributed by atoms with Gasteiger partial charge in [-0.05, 0) is 0 Å². The van der Waals surface area contributed by atoms with Crippen LogP contribution in [0.5, 0.6) is 0 Å². The van der Waals surface area contributed by atoms with E-state index < -0.39 is 49.4 Å². The van der Waals surface area contributed by atoms with Gasteiger partial charge >= 0.3 is 17.9 Å².